The summed E-state index contributed by atoms with van der Waals surface area (Å²) in [4.78, 5) is 19.0. The molecule has 0 bridgehead atoms. The van der Waals surface area contributed by atoms with Crippen molar-refractivity contribution < 1.29 is 0 Å². The molecule has 6 heteroatoms. The Balaban J connectivity index is 1.88. The summed E-state index contributed by atoms with van der Waals surface area (Å²) in [5, 5.41) is 8.69. The standard InChI is InChI=1S/C16H8N6/c1-18-16-21-9-14(10-22-16)12-4-2-11(3-5-12)13-7-19-15(6-17)20-8-13/h2-5,7-10H. The Kier molecular flexibility index (Phi) is 3.51. The first-order chi connectivity index (χ1) is 10.8. The number of nitrogens with zero attached hydrogens (tertiary/aromatic N) is 6. The van der Waals surface area contributed by atoms with E-state index < -0.39 is 0 Å². The largest absolute Gasteiger partial charge is 0.394 e. The highest BCUT2D eigenvalue weighted by Crippen LogP contribution is 2.23. The third-order valence-corrected chi connectivity index (χ3v) is 3.04. The Labute approximate surface area is 126 Å². The van der Waals surface area contributed by atoms with Crippen LogP contribution in [0.4, 0.5) is 5.95 Å². The first-order valence-corrected chi connectivity index (χ1v) is 6.32. The highest BCUT2D eigenvalue weighted by molar-refractivity contribution is 5.69. The van der Waals surface area contributed by atoms with E-state index in [9.17, 15) is 0 Å². The number of nitriles is 1. The topological polar surface area (TPSA) is 79.7 Å². The molecule has 0 radical (unpaired) electrons. The summed E-state index contributed by atoms with van der Waals surface area (Å²) in [7, 11) is 0. The molecule has 0 fully saturated rings. The van der Waals surface area contributed by atoms with Crippen LogP contribution >= 0.6 is 0 Å². The maximum Gasteiger partial charge on any atom is 0.371 e. The number of hydrogen-bond donors (Lipinski definition) is 0. The van der Waals surface area contributed by atoms with Gasteiger partial charge in [-0.05, 0) is 11.1 Å². The Morgan fingerprint density at radius 1 is 0.773 bits per heavy atom. The Morgan fingerprint density at radius 3 is 1.64 bits per heavy atom. The van der Waals surface area contributed by atoms with Gasteiger partial charge in [-0.2, -0.15) is 15.2 Å². The molecule has 1 aromatic carbocycles. The van der Waals surface area contributed by atoms with E-state index in [1.54, 1.807) is 24.8 Å². The van der Waals surface area contributed by atoms with Gasteiger partial charge in [0.15, 0.2) is 0 Å². The van der Waals surface area contributed by atoms with Gasteiger partial charge in [-0.1, -0.05) is 24.3 Å². The molecule has 2 heterocycles. The lowest BCUT2D eigenvalue weighted by atomic mass is 10.0. The summed E-state index contributed by atoms with van der Waals surface area (Å²) in [5.41, 5.74) is 3.59. The predicted octanol–water partition coefficient (Wildman–Crippen LogP) is 3.02. The van der Waals surface area contributed by atoms with E-state index in [1.165, 1.54) is 0 Å². The second-order valence-corrected chi connectivity index (χ2v) is 4.37. The summed E-state index contributed by atoms with van der Waals surface area (Å²) in [6.07, 6.45) is 6.49. The van der Waals surface area contributed by atoms with Crippen LogP contribution in [0.1, 0.15) is 5.82 Å². The second kappa shape index (κ2) is 5.78. The molecule has 0 N–H and O–H groups in total. The molecule has 0 saturated heterocycles. The summed E-state index contributed by atoms with van der Waals surface area (Å²) < 4.78 is 0. The van der Waals surface area contributed by atoms with Crippen molar-refractivity contribution in [3.63, 3.8) is 0 Å². The van der Waals surface area contributed by atoms with Gasteiger partial charge in [-0.15, -0.1) is 6.57 Å². The van der Waals surface area contributed by atoms with Crippen LogP contribution in [0, 0.1) is 17.9 Å². The zero-order chi connectivity index (χ0) is 15.4. The first-order valence-electron chi connectivity index (χ1n) is 6.32. The summed E-state index contributed by atoms with van der Waals surface area (Å²) in [5.74, 6) is 0.285. The van der Waals surface area contributed by atoms with Crippen LogP contribution in [0.3, 0.4) is 0 Å². The maximum absolute atomic E-state index is 8.69. The van der Waals surface area contributed by atoms with Crippen molar-refractivity contribution in [1.82, 2.24) is 19.9 Å². The third kappa shape index (κ3) is 2.62. The quantitative estimate of drug-likeness (QED) is 0.676. The van der Waals surface area contributed by atoms with Crippen molar-refractivity contribution in [2.75, 3.05) is 0 Å². The zero-order valence-corrected chi connectivity index (χ0v) is 11.3. The molecular weight excluding hydrogens is 276 g/mol. The molecule has 102 valence electrons. The normalized spacial score (nSPS) is 9.73. The van der Waals surface area contributed by atoms with Gasteiger partial charge in [-0.3, -0.25) is 0 Å². The van der Waals surface area contributed by atoms with Crippen LogP contribution in [0.2, 0.25) is 0 Å². The first kappa shape index (κ1) is 13.3. The molecule has 0 saturated carbocycles. The fourth-order valence-electron chi connectivity index (χ4n) is 1.92. The number of hydrogen-bond acceptors (Lipinski definition) is 5. The number of rotatable bonds is 2. The molecular formula is C16H8N6. The lowest BCUT2D eigenvalue weighted by Crippen LogP contribution is -1.89. The molecule has 0 unspecified atom stereocenters. The van der Waals surface area contributed by atoms with E-state index in [2.05, 4.69) is 24.8 Å². The van der Waals surface area contributed by atoms with Crippen molar-refractivity contribution in [1.29, 1.82) is 5.26 Å². The van der Waals surface area contributed by atoms with Gasteiger partial charge >= 0.3 is 5.95 Å². The van der Waals surface area contributed by atoms with Crippen molar-refractivity contribution in [2.45, 2.75) is 0 Å². The van der Waals surface area contributed by atoms with Gasteiger partial charge in [0.25, 0.3) is 0 Å². The predicted molar refractivity (Wildman–Crippen MR) is 79.5 cm³/mol. The van der Waals surface area contributed by atoms with Crippen molar-refractivity contribution in [3.8, 4) is 28.3 Å². The fourth-order valence-corrected chi connectivity index (χ4v) is 1.92. The smallest absolute Gasteiger partial charge is 0.371 e. The number of benzene rings is 1. The molecule has 0 atom stereocenters. The van der Waals surface area contributed by atoms with Gasteiger partial charge < -0.3 is 4.85 Å². The van der Waals surface area contributed by atoms with Crippen molar-refractivity contribution in [2.24, 2.45) is 0 Å². The van der Waals surface area contributed by atoms with Crippen molar-refractivity contribution in [3.05, 3.63) is 66.3 Å². The Bertz CT molecular complexity index is 792. The van der Waals surface area contributed by atoms with Gasteiger partial charge in [0.05, 0.1) is 12.4 Å². The van der Waals surface area contributed by atoms with Gasteiger partial charge in [0, 0.05) is 23.5 Å². The minimum atomic E-state index is 0.134. The SMILES string of the molecule is [C-]#[N+]c1ncc(-c2ccc(-c3cnc(C#N)nc3)cc2)cn1. The average Bonchev–Trinajstić information content (AvgIpc) is 2.62. The van der Waals surface area contributed by atoms with Gasteiger partial charge in [0.2, 0.25) is 5.82 Å². The van der Waals surface area contributed by atoms with Crippen LogP contribution in [0.5, 0.6) is 0 Å². The van der Waals surface area contributed by atoms with Crippen LogP contribution in [-0.2, 0) is 0 Å². The minimum Gasteiger partial charge on any atom is -0.394 e. The highest BCUT2D eigenvalue weighted by Gasteiger charge is 2.04. The zero-order valence-electron chi connectivity index (χ0n) is 11.3. The molecule has 3 aromatic rings. The molecule has 0 spiro atoms. The van der Waals surface area contributed by atoms with E-state index in [4.69, 9.17) is 11.8 Å². The van der Waals surface area contributed by atoms with E-state index in [1.807, 2.05) is 30.3 Å². The van der Waals surface area contributed by atoms with Crippen LogP contribution in [0.25, 0.3) is 27.1 Å². The molecule has 3 rings (SSSR count). The maximum atomic E-state index is 8.69. The minimum absolute atomic E-state index is 0.134. The summed E-state index contributed by atoms with van der Waals surface area (Å²) in [6.45, 7) is 6.84. The number of aromatic nitrogens is 4. The van der Waals surface area contributed by atoms with E-state index in [-0.39, 0.29) is 11.8 Å². The molecule has 0 amide bonds. The third-order valence-electron chi connectivity index (χ3n) is 3.04. The Morgan fingerprint density at radius 2 is 1.23 bits per heavy atom. The van der Waals surface area contributed by atoms with Gasteiger partial charge in [-0.25, -0.2) is 9.97 Å². The van der Waals surface area contributed by atoms with E-state index >= 15 is 0 Å². The summed E-state index contributed by atoms with van der Waals surface area (Å²) >= 11 is 0. The molecule has 2 aromatic heterocycles. The highest BCUT2D eigenvalue weighted by atomic mass is 15.0. The van der Waals surface area contributed by atoms with Gasteiger partial charge in [0.1, 0.15) is 6.07 Å². The Hall–Kier alpha value is -3.64. The second-order valence-electron chi connectivity index (χ2n) is 4.37. The van der Waals surface area contributed by atoms with Crippen LogP contribution < -0.4 is 0 Å². The van der Waals surface area contributed by atoms with E-state index in [0.29, 0.717) is 0 Å². The van der Waals surface area contributed by atoms with Crippen LogP contribution in [-0.4, -0.2) is 19.9 Å². The van der Waals surface area contributed by atoms with Crippen molar-refractivity contribution >= 4 is 5.95 Å². The lowest BCUT2D eigenvalue weighted by molar-refractivity contribution is 1.12. The van der Waals surface area contributed by atoms with E-state index in [0.717, 1.165) is 22.3 Å². The fraction of sp³-hybridized carbons (Fsp3) is 0. The monoisotopic (exact) mass is 284 g/mol. The molecule has 0 aliphatic rings. The molecule has 6 nitrogen and oxygen atoms in total. The average molecular weight is 284 g/mol. The van der Waals surface area contributed by atoms with Crippen LogP contribution in [0.15, 0.2) is 49.1 Å². The molecule has 0 aliphatic heterocycles. The molecule has 0 aliphatic carbocycles. The molecule has 22 heavy (non-hydrogen) atoms. The lowest BCUT2D eigenvalue weighted by Gasteiger charge is -2.03. The summed E-state index contributed by atoms with van der Waals surface area (Å²) in [6, 6.07) is 9.62.